The summed E-state index contributed by atoms with van der Waals surface area (Å²) in [7, 11) is 0. The van der Waals surface area contributed by atoms with Gasteiger partial charge >= 0.3 is 5.97 Å². The highest BCUT2D eigenvalue weighted by molar-refractivity contribution is 6.02. The molecule has 4 rings (SSSR count). The average molecular weight is 395 g/mol. The third-order valence-electron chi connectivity index (χ3n) is 8.38. The predicted molar refractivity (Wildman–Crippen MR) is 111 cm³/mol. The van der Waals surface area contributed by atoms with Gasteiger partial charge in [-0.1, -0.05) is 38.2 Å². The van der Waals surface area contributed by atoms with Gasteiger partial charge in [0.25, 0.3) is 0 Å². The molecule has 4 nitrogen and oxygen atoms in total. The summed E-state index contributed by atoms with van der Waals surface area (Å²) in [6.07, 6.45) is 10.2. The van der Waals surface area contributed by atoms with E-state index in [1.54, 1.807) is 12.2 Å². The quantitative estimate of drug-likeness (QED) is 0.510. The van der Waals surface area contributed by atoms with Gasteiger partial charge in [-0.25, -0.2) is 0 Å². The van der Waals surface area contributed by atoms with E-state index in [2.05, 4.69) is 39.5 Å². The first-order valence-corrected chi connectivity index (χ1v) is 10.5. The van der Waals surface area contributed by atoms with Crippen LogP contribution in [0.4, 0.5) is 0 Å². The molecule has 0 radical (unpaired) electrons. The van der Waals surface area contributed by atoms with E-state index in [-0.39, 0.29) is 28.8 Å². The van der Waals surface area contributed by atoms with Gasteiger partial charge in [0, 0.05) is 17.8 Å². The maximum atomic E-state index is 12.9. The molecule has 0 spiro atoms. The smallest absolute Gasteiger partial charge is 0.303 e. The highest BCUT2D eigenvalue weighted by Gasteiger charge is 2.69. The number of Topliss-reactive ketones (excluding diaryl/α,β-unsaturated/α-hetero) is 1. The standard InChI is InChI=1S/C25H30O4/c1-14-11-19-20(23(5)9-7-18(28)13-21(14)23)8-10-24(6)22(19)12-15(2)25(24,16(3)26)29-17(4)27/h7,9,11,13,19-20,22H,2,8,10,12H2,1,3-6H3/t19?,20?,22?,23-,24+,25?/m1/s1. The van der Waals surface area contributed by atoms with Crippen molar-refractivity contribution in [3.63, 3.8) is 0 Å². The van der Waals surface area contributed by atoms with Crippen LogP contribution >= 0.6 is 0 Å². The fourth-order valence-corrected chi connectivity index (χ4v) is 7.14. The van der Waals surface area contributed by atoms with Gasteiger partial charge in [0.15, 0.2) is 17.2 Å². The number of rotatable bonds is 2. The molecule has 0 bridgehead atoms. The maximum absolute atomic E-state index is 12.9. The first-order valence-electron chi connectivity index (χ1n) is 10.5. The Morgan fingerprint density at radius 2 is 1.90 bits per heavy atom. The fourth-order valence-electron chi connectivity index (χ4n) is 7.14. The van der Waals surface area contributed by atoms with Gasteiger partial charge in [-0.05, 0) is 74.2 Å². The molecule has 0 aliphatic heterocycles. The lowest BCUT2D eigenvalue weighted by Crippen LogP contribution is -2.58. The molecule has 4 heteroatoms. The highest BCUT2D eigenvalue weighted by atomic mass is 16.6. The Kier molecular flexibility index (Phi) is 4.24. The van der Waals surface area contributed by atoms with Crippen molar-refractivity contribution in [2.24, 2.45) is 28.6 Å². The van der Waals surface area contributed by atoms with Crippen molar-refractivity contribution in [2.45, 2.75) is 59.5 Å². The normalized spacial score (nSPS) is 43.0. The van der Waals surface area contributed by atoms with Crippen LogP contribution < -0.4 is 0 Å². The number of hydrogen-bond acceptors (Lipinski definition) is 4. The van der Waals surface area contributed by atoms with Crippen LogP contribution in [-0.2, 0) is 19.1 Å². The Morgan fingerprint density at radius 3 is 2.52 bits per heavy atom. The molecule has 0 aromatic heterocycles. The summed E-state index contributed by atoms with van der Waals surface area (Å²) >= 11 is 0. The number of hydrogen-bond donors (Lipinski definition) is 0. The van der Waals surface area contributed by atoms with E-state index in [9.17, 15) is 14.4 Å². The van der Waals surface area contributed by atoms with Gasteiger partial charge in [0.2, 0.25) is 0 Å². The second-order valence-electron chi connectivity index (χ2n) is 9.81. The van der Waals surface area contributed by atoms with Crippen LogP contribution in [0.1, 0.15) is 53.9 Å². The third-order valence-corrected chi connectivity index (χ3v) is 8.38. The third kappa shape index (κ3) is 2.41. The van der Waals surface area contributed by atoms with Crippen molar-refractivity contribution in [2.75, 3.05) is 0 Å². The number of ketones is 2. The molecule has 0 N–H and O–H groups in total. The summed E-state index contributed by atoms with van der Waals surface area (Å²) in [5, 5.41) is 0. The number of esters is 1. The van der Waals surface area contributed by atoms with E-state index in [4.69, 9.17) is 4.74 Å². The van der Waals surface area contributed by atoms with Gasteiger partial charge in [0.1, 0.15) is 0 Å². The molecule has 0 heterocycles. The predicted octanol–water partition coefficient (Wildman–Crippen LogP) is 4.52. The van der Waals surface area contributed by atoms with E-state index < -0.39 is 17.0 Å². The minimum absolute atomic E-state index is 0.0454. The number of carbonyl (C=O) groups is 3. The largest absolute Gasteiger partial charge is 0.446 e. The topological polar surface area (TPSA) is 60.4 Å². The van der Waals surface area contributed by atoms with Crippen molar-refractivity contribution in [3.8, 4) is 0 Å². The average Bonchev–Trinajstić information content (AvgIpc) is 2.85. The SMILES string of the molecule is C=C1CC2C3C=C(C)C4=CC(=O)C=C[C@]4(C)C3CC[C@]2(C)C1(OC(C)=O)C(C)=O. The molecule has 2 saturated carbocycles. The molecule has 0 saturated heterocycles. The van der Waals surface area contributed by atoms with E-state index in [0.717, 1.165) is 29.6 Å². The van der Waals surface area contributed by atoms with E-state index in [1.165, 1.54) is 13.8 Å². The van der Waals surface area contributed by atoms with E-state index >= 15 is 0 Å². The molecule has 4 unspecified atom stereocenters. The van der Waals surface area contributed by atoms with Crippen molar-refractivity contribution in [1.82, 2.24) is 0 Å². The summed E-state index contributed by atoms with van der Waals surface area (Å²) in [4.78, 5) is 36.9. The summed E-state index contributed by atoms with van der Waals surface area (Å²) in [5.41, 5.74) is 1.05. The van der Waals surface area contributed by atoms with Gasteiger partial charge < -0.3 is 4.74 Å². The monoisotopic (exact) mass is 394 g/mol. The molecular formula is C25H30O4. The summed E-state index contributed by atoms with van der Waals surface area (Å²) in [6.45, 7) is 13.5. The number of carbonyl (C=O) groups excluding carboxylic acids is 3. The van der Waals surface area contributed by atoms with Gasteiger partial charge in [-0.2, -0.15) is 0 Å². The molecule has 4 aliphatic rings. The lowest BCUT2D eigenvalue weighted by molar-refractivity contribution is -0.179. The first kappa shape index (κ1) is 20.1. The fraction of sp³-hybridized carbons (Fsp3) is 0.560. The van der Waals surface area contributed by atoms with Crippen LogP contribution in [-0.4, -0.2) is 23.1 Å². The molecule has 4 aliphatic carbocycles. The zero-order chi connectivity index (χ0) is 21.4. The first-order chi connectivity index (χ1) is 13.5. The molecule has 6 atom stereocenters. The minimum atomic E-state index is -1.24. The van der Waals surface area contributed by atoms with Gasteiger partial charge in [-0.15, -0.1) is 0 Å². The van der Waals surface area contributed by atoms with Crippen molar-refractivity contribution in [1.29, 1.82) is 0 Å². The summed E-state index contributed by atoms with van der Waals surface area (Å²) in [5.74, 6) is 0.217. The molecular weight excluding hydrogens is 364 g/mol. The number of fused-ring (bicyclic) bond motifs is 5. The molecule has 0 aromatic carbocycles. The molecule has 154 valence electrons. The Hall–Kier alpha value is -2.23. The van der Waals surface area contributed by atoms with Crippen LogP contribution in [0.3, 0.4) is 0 Å². The number of allylic oxidation sites excluding steroid dienone is 6. The van der Waals surface area contributed by atoms with Gasteiger partial charge in [-0.3, -0.25) is 14.4 Å². The Bertz CT molecular complexity index is 934. The highest BCUT2D eigenvalue weighted by Crippen LogP contribution is 2.68. The Labute approximate surface area is 172 Å². The van der Waals surface area contributed by atoms with Crippen LogP contribution in [0.2, 0.25) is 0 Å². The van der Waals surface area contributed by atoms with Crippen LogP contribution in [0.5, 0.6) is 0 Å². The van der Waals surface area contributed by atoms with E-state index in [0.29, 0.717) is 12.3 Å². The zero-order valence-electron chi connectivity index (χ0n) is 18.0. The second kappa shape index (κ2) is 6.13. The van der Waals surface area contributed by atoms with Crippen LogP contribution in [0.25, 0.3) is 0 Å². The Morgan fingerprint density at radius 1 is 1.21 bits per heavy atom. The zero-order valence-corrected chi connectivity index (χ0v) is 18.0. The summed E-state index contributed by atoms with van der Waals surface area (Å²) in [6, 6.07) is 0. The molecule has 0 aromatic rings. The number of ether oxygens (including phenoxy) is 1. The van der Waals surface area contributed by atoms with Crippen LogP contribution in [0, 0.1) is 28.6 Å². The van der Waals surface area contributed by atoms with Crippen molar-refractivity contribution >= 4 is 17.5 Å². The molecule has 2 fully saturated rings. The molecule has 0 amide bonds. The second-order valence-corrected chi connectivity index (χ2v) is 9.81. The lowest BCUT2D eigenvalue weighted by atomic mass is 9.48. The maximum Gasteiger partial charge on any atom is 0.303 e. The van der Waals surface area contributed by atoms with Gasteiger partial charge in [0.05, 0.1) is 0 Å². The van der Waals surface area contributed by atoms with Crippen molar-refractivity contribution in [3.05, 3.63) is 47.6 Å². The minimum Gasteiger partial charge on any atom is -0.446 e. The lowest BCUT2D eigenvalue weighted by Gasteiger charge is -2.56. The van der Waals surface area contributed by atoms with Crippen LogP contribution in [0.15, 0.2) is 47.6 Å². The summed E-state index contributed by atoms with van der Waals surface area (Å²) < 4.78 is 5.82. The van der Waals surface area contributed by atoms with Crippen molar-refractivity contribution < 1.29 is 19.1 Å². The Balaban J connectivity index is 1.85. The van der Waals surface area contributed by atoms with E-state index in [1.807, 2.05) is 0 Å². The molecule has 29 heavy (non-hydrogen) atoms.